The molecule has 0 fully saturated rings. The lowest BCUT2D eigenvalue weighted by molar-refractivity contribution is -0.161. The van der Waals surface area contributed by atoms with Crippen LogP contribution >= 0.6 is 0 Å². The quantitative estimate of drug-likeness (QED) is 0.439. The molecule has 27 heavy (non-hydrogen) atoms. The van der Waals surface area contributed by atoms with Gasteiger partial charge in [0.25, 0.3) is 5.83 Å². The first-order chi connectivity index (χ1) is 12.7. The van der Waals surface area contributed by atoms with E-state index in [4.69, 9.17) is 0 Å². The number of aryl methyl sites for hydroxylation is 1. The molecule has 0 aliphatic heterocycles. The Balaban J connectivity index is 2.17. The molecule has 0 aliphatic carbocycles. The summed E-state index contributed by atoms with van der Waals surface area (Å²) in [6.45, 7) is 2.06. The van der Waals surface area contributed by atoms with Crippen LogP contribution in [0.4, 0.5) is 26.3 Å². The van der Waals surface area contributed by atoms with Crippen LogP contribution in [0.25, 0.3) is 0 Å². The minimum absolute atomic E-state index is 0.147. The SMILES string of the molecule is CCCc1ccc(C#Cc2ccc(OC(F)(F)C(F)=C(F)F)c(F)c2)cc1. The van der Waals surface area contributed by atoms with Crippen LogP contribution in [0.15, 0.2) is 54.4 Å². The van der Waals surface area contributed by atoms with Crippen molar-refractivity contribution in [3.63, 3.8) is 0 Å². The van der Waals surface area contributed by atoms with Crippen molar-refractivity contribution >= 4 is 0 Å². The molecule has 142 valence electrons. The Morgan fingerprint density at radius 1 is 0.963 bits per heavy atom. The van der Waals surface area contributed by atoms with Crippen LogP contribution in [0, 0.1) is 17.7 Å². The molecule has 2 aromatic carbocycles. The summed E-state index contributed by atoms with van der Waals surface area (Å²) in [5.41, 5.74) is 1.98. The second kappa shape index (κ2) is 8.67. The van der Waals surface area contributed by atoms with Crippen LogP contribution in [0.2, 0.25) is 0 Å². The van der Waals surface area contributed by atoms with E-state index in [0.29, 0.717) is 5.56 Å². The lowest BCUT2D eigenvalue weighted by Gasteiger charge is -2.15. The normalized spacial score (nSPS) is 10.8. The number of rotatable bonds is 5. The van der Waals surface area contributed by atoms with E-state index in [2.05, 4.69) is 23.5 Å². The van der Waals surface area contributed by atoms with Crippen molar-refractivity contribution in [1.29, 1.82) is 0 Å². The summed E-state index contributed by atoms with van der Waals surface area (Å²) in [4.78, 5) is 0. The van der Waals surface area contributed by atoms with E-state index in [1.165, 1.54) is 0 Å². The van der Waals surface area contributed by atoms with Crippen LogP contribution in [0.5, 0.6) is 5.75 Å². The molecule has 2 aromatic rings. The number of alkyl halides is 2. The number of halogens is 6. The molecule has 0 aliphatic rings. The van der Waals surface area contributed by atoms with Gasteiger partial charge in [0.05, 0.1) is 0 Å². The molecule has 0 heterocycles. The molecule has 0 spiro atoms. The van der Waals surface area contributed by atoms with E-state index in [0.717, 1.165) is 36.6 Å². The third-order valence-electron chi connectivity index (χ3n) is 3.44. The highest BCUT2D eigenvalue weighted by Crippen LogP contribution is 2.33. The molecule has 0 N–H and O–H groups in total. The fourth-order valence-electron chi connectivity index (χ4n) is 2.14. The Labute approximate surface area is 152 Å². The van der Waals surface area contributed by atoms with Crippen molar-refractivity contribution < 1.29 is 31.1 Å². The lowest BCUT2D eigenvalue weighted by Crippen LogP contribution is -2.26. The topological polar surface area (TPSA) is 9.23 Å². The zero-order valence-corrected chi connectivity index (χ0v) is 14.1. The summed E-state index contributed by atoms with van der Waals surface area (Å²) in [5, 5.41) is 0. The van der Waals surface area contributed by atoms with Crippen molar-refractivity contribution in [3.05, 3.63) is 76.9 Å². The Morgan fingerprint density at radius 2 is 1.56 bits per heavy atom. The Hall–Kier alpha value is -2.88. The van der Waals surface area contributed by atoms with Gasteiger partial charge in [0, 0.05) is 11.1 Å². The molecule has 0 unspecified atom stereocenters. The summed E-state index contributed by atoms with van der Waals surface area (Å²) < 4.78 is 80.5. The van der Waals surface area contributed by atoms with E-state index in [1.54, 1.807) is 12.1 Å². The molecule has 0 atom stereocenters. The summed E-state index contributed by atoms with van der Waals surface area (Å²) >= 11 is 0. The average Bonchev–Trinajstić information content (AvgIpc) is 2.62. The highest BCUT2D eigenvalue weighted by Gasteiger charge is 2.43. The number of ether oxygens (including phenoxy) is 1. The monoisotopic (exact) mass is 384 g/mol. The predicted molar refractivity (Wildman–Crippen MR) is 88.7 cm³/mol. The van der Waals surface area contributed by atoms with E-state index in [9.17, 15) is 26.3 Å². The third kappa shape index (κ3) is 5.55. The highest BCUT2D eigenvalue weighted by molar-refractivity contribution is 5.45. The van der Waals surface area contributed by atoms with Gasteiger partial charge in [-0.05, 0) is 42.3 Å². The van der Waals surface area contributed by atoms with Crippen molar-refractivity contribution in [2.75, 3.05) is 0 Å². The van der Waals surface area contributed by atoms with Gasteiger partial charge in [0.15, 0.2) is 11.6 Å². The minimum atomic E-state index is -4.98. The zero-order valence-electron chi connectivity index (χ0n) is 14.1. The van der Waals surface area contributed by atoms with Crippen molar-refractivity contribution in [2.45, 2.75) is 25.9 Å². The van der Waals surface area contributed by atoms with Crippen molar-refractivity contribution in [2.24, 2.45) is 0 Å². The maximum atomic E-state index is 13.9. The first kappa shape index (κ1) is 20.4. The minimum Gasteiger partial charge on any atom is -0.424 e. The molecule has 7 heteroatoms. The summed E-state index contributed by atoms with van der Waals surface area (Å²) in [6, 6.07) is 10.1. The smallest absolute Gasteiger partial charge is 0.424 e. The van der Waals surface area contributed by atoms with Gasteiger partial charge in [-0.2, -0.15) is 22.0 Å². The second-order valence-corrected chi connectivity index (χ2v) is 5.54. The van der Waals surface area contributed by atoms with Gasteiger partial charge in [0.1, 0.15) is 0 Å². The maximum absolute atomic E-state index is 13.9. The van der Waals surface area contributed by atoms with Gasteiger partial charge in [-0.25, -0.2) is 4.39 Å². The molecule has 0 bridgehead atoms. The largest absolute Gasteiger partial charge is 0.459 e. The maximum Gasteiger partial charge on any atom is 0.459 e. The molecule has 0 amide bonds. The summed E-state index contributed by atoms with van der Waals surface area (Å²) in [5.74, 6) is -0.00126. The van der Waals surface area contributed by atoms with Crippen LogP contribution in [-0.4, -0.2) is 6.11 Å². The van der Waals surface area contributed by atoms with Crippen LogP contribution in [0.1, 0.15) is 30.0 Å². The zero-order chi connectivity index (χ0) is 20.0. The fraction of sp³-hybridized carbons (Fsp3) is 0.200. The van der Waals surface area contributed by atoms with E-state index in [1.807, 2.05) is 12.1 Å². The first-order valence-corrected chi connectivity index (χ1v) is 7.91. The van der Waals surface area contributed by atoms with E-state index < -0.39 is 29.6 Å². The molecule has 0 saturated carbocycles. The van der Waals surface area contributed by atoms with E-state index >= 15 is 0 Å². The molecular formula is C20H14F6O. The van der Waals surface area contributed by atoms with Gasteiger partial charge in [-0.1, -0.05) is 37.3 Å². The van der Waals surface area contributed by atoms with Gasteiger partial charge in [0.2, 0.25) is 0 Å². The van der Waals surface area contributed by atoms with Crippen LogP contribution in [-0.2, 0) is 6.42 Å². The number of hydrogen-bond acceptors (Lipinski definition) is 1. The Kier molecular flexibility index (Phi) is 6.56. The Morgan fingerprint density at radius 3 is 2.11 bits per heavy atom. The van der Waals surface area contributed by atoms with Gasteiger partial charge in [-0.15, -0.1) is 0 Å². The van der Waals surface area contributed by atoms with Crippen LogP contribution < -0.4 is 4.74 Å². The number of hydrogen-bond donors (Lipinski definition) is 0. The average molecular weight is 384 g/mol. The van der Waals surface area contributed by atoms with Gasteiger partial charge < -0.3 is 4.74 Å². The molecule has 0 saturated heterocycles. The van der Waals surface area contributed by atoms with Crippen molar-refractivity contribution in [1.82, 2.24) is 0 Å². The summed E-state index contributed by atoms with van der Waals surface area (Å²) in [6.07, 6.45) is -6.27. The lowest BCUT2D eigenvalue weighted by atomic mass is 10.1. The van der Waals surface area contributed by atoms with E-state index in [-0.39, 0.29) is 5.56 Å². The fourth-order valence-corrected chi connectivity index (χ4v) is 2.14. The third-order valence-corrected chi connectivity index (χ3v) is 3.44. The Bertz CT molecular complexity index is 887. The molecule has 1 nitrogen and oxygen atoms in total. The molecule has 0 aromatic heterocycles. The highest BCUT2D eigenvalue weighted by atomic mass is 19.3. The molecule has 0 radical (unpaired) electrons. The molecule has 2 rings (SSSR count). The predicted octanol–water partition coefficient (Wildman–Crippen LogP) is 6.23. The molecular weight excluding hydrogens is 370 g/mol. The van der Waals surface area contributed by atoms with Gasteiger partial charge >= 0.3 is 12.2 Å². The van der Waals surface area contributed by atoms with Crippen molar-refractivity contribution in [3.8, 4) is 17.6 Å². The van der Waals surface area contributed by atoms with Gasteiger partial charge in [-0.3, -0.25) is 0 Å². The first-order valence-electron chi connectivity index (χ1n) is 7.91. The van der Waals surface area contributed by atoms with Crippen LogP contribution in [0.3, 0.4) is 0 Å². The number of benzene rings is 2. The standard InChI is InChI=1S/C20H14F6O/c1-2-3-13-4-6-14(7-5-13)8-9-15-10-11-17(16(21)12-15)27-20(25,26)18(22)19(23)24/h4-7,10-12H,2-3H2,1H3. The summed E-state index contributed by atoms with van der Waals surface area (Å²) in [7, 11) is 0. The second-order valence-electron chi connectivity index (χ2n) is 5.54.